The third-order valence-electron chi connectivity index (χ3n) is 5.81. The first-order valence-corrected chi connectivity index (χ1v) is 11.5. The molecule has 1 amide bonds. The summed E-state index contributed by atoms with van der Waals surface area (Å²) in [6.07, 6.45) is 5.35. The van der Waals surface area contributed by atoms with Gasteiger partial charge in [-0.1, -0.05) is 30.3 Å². The van der Waals surface area contributed by atoms with Crippen LogP contribution in [0, 0.1) is 5.41 Å². The zero-order chi connectivity index (χ0) is 21.0. The van der Waals surface area contributed by atoms with Gasteiger partial charge in [-0.2, -0.15) is 11.3 Å². The van der Waals surface area contributed by atoms with Gasteiger partial charge >= 0.3 is 0 Å². The Morgan fingerprint density at radius 1 is 1.17 bits per heavy atom. The van der Waals surface area contributed by atoms with Crippen LogP contribution in [0.15, 0.2) is 65.6 Å². The average Bonchev–Trinajstić information content (AvgIpc) is 3.40. The van der Waals surface area contributed by atoms with Crippen molar-refractivity contribution in [3.63, 3.8) is 0 Å². The lowest BCUT2D eigenvalue weighted by Crippen LogP contribution is -2.46. The van der Waals surface area contributed by atoms with Crippen molar-refractivity contribution < 1.29 is 4.79 Å². The van der Waals surface area contributed by atoms with Crippen LogP contribution >= 0.6 is 11.3 Å². The first-order valence-electron chi connectivity index (χ1n) is 10.6. The Balaban J connectivity index is 1.52. The van der Waals surface area contributed by atoms with E-state index in [0.29, 0.717) is 0 Å². The lowest BCUT2D eigenvalue weighted by Gasteiger charge is -2.30. The highest BCUT2D eigenvalue weighted by Crippen LogP contribution is 2.36. The highest BCUT2D eigenvalue weighted by atomic mass is 32.1. The lowest BCUT2D eigenvalue weighted by molar-refractivity contribution is -0.131. The molecule has 4 nitrogen and oxygen atoms in total. The number of pyridine rings is 1. The molecule has 1 fully saturated rings. The molecule has 0 unspecified atom stereocenters. The van der Waals surface area contributed by atoms with Gasteiger partial charge in [-0.15, -0.1) is 0 Å². The van der Waals surface area contributed by atoms with Gasteiger partial charge in [-0.3, -0.25) is 14.7 Å². The van der Waals surface area contributed by atoms with Crippen molar-refractivity contribution in [1.29, 1.82) is 0 Å². The summed E-state index contributed by atoms with van der Waals surface area (Å²) >= 11 is 1.71. The van der Waals surface area contributed by atoms with Crippen LogP contribution in [0.25, 0.3) is 11.1 Å². The third kappa shape index (κ3) is 4.79. The molecule has 0 bridgehead atoms. The van der Waals surface area contributed by atoms with Crippen LogP contribution in [-0.2, 0) is 17.8 Å². The zero-order valence-corrected chi connectivity index (χ0v) is 18.5. The molecule has 3 heterocycles. The fourth-order valence-corrected chi connectivity index (χ4v) is 4.97. The first-order chi connectivity index (χ1) is 14.5. The van der Waals surface area contributed by atoms with E-state index >= 15 is 0 Å². The molecule has 3 aromatic rings. The second-order valence-corrected chi connectivity index (χ2v) is 9.40. The van der Waals surface area contributed by atoms with E-state index in [1.54, 1.807) is 17.5 Å². The fourth-order valence-electron chi connectivity index (χ4n) is 4.30. The minimum atomic E-state index is -0.392. The molecule has 0 radical (unpaired) electrons. The quantitative estimate of drug-likeness (QED) is 0.600. The molecule has 1 atom stereocenters. The molecule has 0 spiro atoms. The topological polar surface area (TPSA) is 45.2 Å². The molecular formula is C25H29N3OS. The normalized spacial score (nSPS) is 19.3. The Morgan fingerprint density at radius 3 is 2.67 bits per heavy atom. The third-order valence-corrected chi connectivity index (χ3v) is 6.50. The fraction of sp³-hybridized carbons (Fsp3) is 0.360. The van der Waals surface area contributed by atoms with Gasteiger partial charge in [0, 0.05) is 31.5 Å². The van der Waals surface area contributed by atoms with E-state index in [-0.39, 0.29) is 11.9 Å². The lowest BCUT2D eigenvalue weighted by atomic mass is 9.79. The van der Waals surface area contributed by atoms with Crippen molar-refractivity contribution in [2.75, 3.05) is 13.1 Å². The molecule has 1 aliphatic heterocycles. The van der Waals surface area contributed by atoms with Crippen molar-refractivity contribution in [3.05, 3.63) is 76.7 Å². The summed E-state index contributed by atoms with van der Waals surface area (Å²) in [4.78, 5) is 19.9. The number of amides is 1. The summed E-state index contributed by atoms with van der Waals surface area (Å²) in [6.45, 7) is 6.59. The van der Waals surface area contributed by atoms with Crippen molar-refractivity contribution in [3.8, 4) is 11.1 Å². The van der Waals surface area contributed by atoms with Gasteiger partial charge in [0.1, 0.15) is 0 Å². The predicted octanol–water partition coefficient (Wildman–Crippen LogP) is 4.77. The number of rotatable bonds is 7. The summed E-state index contributed by atoms with van der Waals surface area (Å²) < 4.78 is 0. The molecule has 4 rings (SSSR count). The second-order valence-electron chi connectivity index (χ2n) is 8.62. The smallest absolute Gasteiger partial charge is 0.228 e. The van der Waals surface area contributed by atoms with E-state index in [9.17, 15) is 4.79 Å². The maximum Gasteiger partial charge on any atom is 0.228 e. The van der Waals surface area contributed by atoms with Gasteiger partial charge in [0.2, 0.25) is 5.91 Å². The maximum absolute atomic E-state index is 13.3. The SMILES string of the molecule is CC(C)NC(=O)[C@@]1(Cc2ccc(-c3ccsc3)cc2)CCN(Cc2cccnc2)C1. The largest absolute Gasteiger partial charge is 0.353 e. The van der Waals surface area contributed by atoms with Gasteiger partial charge in [-0.25, -0.2) is 0 Å². The number of thiophene rings is 1. The maximum atomic E-state index is 13.3. The number of carbonyl (C=O) groups excluding carboxylic acids is 1. The number of nitrogens with zero attached hydrogens (tertiary/aromatic N) is 2. The van der Waals surface area contributed by atoms with E-state index in [4.69, 9.17) is 0 Å². The molecule has 0 aliphatic carbocycles. The van der Waals surface area contributed by atoms with E-state index < -0.39 is 5.41 Å². The number of aromatic nitrogens is 1. The minimum absolute atomic E-state index is 0.141. The number of carbonyl (C=O) groups is 1. The summed E-state index contributed by atoms with van der Waals surface area (Å²) in [7, 11) is 0. The summed E-state index contributed by atoms with van der Waals surface area (Å²) in [6, 6.07) is 15.1. The molecule has 1 aliphatic rings. The van der Waals surface area contributed by atoms with E-state index in [1.807, 2.05) is 26.1 Å². The number of hydrogen-bond donors (Lipinski definition) is 1. The van der Waals surface area contributed by atoms with E-state index in [1.165, 1.54) is 22.3 Å². The molecule has 5 heteroatoms. The average molecular weight is 420 g/mol. The number of benzene rings is 1. The summed E-state index contributed by atoms with van der Waals surface area (Å²) in [5.41, 5.74) is 4.50. The Hall–Kier alpha value is -2.50. The van der Waals surface area contributed by atoms with Crippen LogP contribution < -0.4 is 5.32 Å². The van der Waals surface area contributed by atoms with Crippen LogP contribution in [-0.4, -0.2) is 34.9 Å². The standard InChI is InChI=1S/C25H29N3OS/c1-19(2)27-24(29)25(10-12-28(18-25)16-21-4-3-11-26-15-21)14-20-5-7-22(8-6-20)23-9-13-30-17-23/h3-9,11,13,15,17,19H,10,12,14,16,18H2,1-2H3,(H,27,29)/t25-/m1/s1. The Labute approximate surface area is 183 Å². The number of likely N-dealkylation sites (tertiary alicyclic amines) is 1. The molecule has 0 saturated carbocycles. The van der Waals surface area contributed by atoms with Gasteiger partial charge in [0.25, 0.3) is 0 Å². The molecule has 30 heavy (non-hydrogen) atoms. The summed E-state index contributed by atoms with van der Waals surface area (Å²) in [5, 5.41) is 7.45. The number of hydrogen-bond acceptors (Lipinski definition) is 4. The molecular weight excluding hydrogens is 390 g/mol. The molecule has 1 aromatic carbocycles. The van der Waals surface area contributed by atoms with Crippen LogP contribution in [0.3, 0.4) is 0 Å². The highest BCUT2D eigenvalue weighted by Gasteiger charge is 2.44. The Morgan fingerprint density at radius 2 is 2.00 bits per heavy atom. The summed E-state index contributed by atoms with van der Waals surface area (Å²) in [5.74, 6) is 0.174. The van der Waals surface area contributed by atoms with Crippen molar-refractivity contribution in [1.82, 2.24) is 15.2 Å². The van der Waals surface area contributed by atoms with Crippen LogP contribution in [0.4, 0.5) is 0 Å². The van der Waals surface area contributed by atoms with Gasteiger partial charge < -0.3 is 5.32 Å². The first kappa shape index (κ1) is 20.8. The van der Waals surface area contributed by atoms with Gasteiger partial charge in [-0.05, 0) is 78.4 Å². The van der Waals surface area contributed by atoms with Gasteiger partial charge in [0.15, 0.2) is 0 Å². The van der Waals surface area contributed by atoms with Crippen LogP contribution in [0.1, 0.15) is 31.4 Å². The van der Waals surface area contributed by atoms with Crippen LogP contribution in [0.5, 0.6) is 0 Å². The molecule has 156 valence electrons. The van der Waals surface area contributed by atoms with E-state index in [2.05, 4.69) is 62.4 Å². The Kier molecular flexibility index (Phi) is 6.30. The minimum Gasteiger partial charge on any atom is -0.353 e. The second kappa shape index (κ2) is 9.11. The monoisotopic (exact) mass is 419 g/mol. The van der Waals surface area contributed by atoms with E-state index in [0.717, 1.165) is 32.5 Å². The highest BCUT2D eigenvalue weighted by molar-refractivity contribution is 7.08. The molecule has 1 saturated heterocycles. The van der Waals surface area contributed by atoms with Crippen molar-refractivity contribution in [2.45, 2.75) is 39.3 Å². The predicted molar refractivity (Wildman–Crippen MR) is 123 cm³/mol. The van der Waals surface area contributed by atoms with Gasteiger partial charge in [0.05, 0.1) is 5.41 Å². The van der Waals surface area contributed by atoms with Crippen molar-refractivity contribution >= 4 is 17.2 Å². The number of nitrogens with one attached hydrogen (secondary N) is 1. The molecule has 1 N–H and O–H groups in total. The zero-order valence-electron chi connectivity index (χ0n) is 17.7. The van der Waals surface area contributed by atoms with Crippen LogP contribution in [0.2, 0.25) is 0 Å². The molecule has 2 aromatic heterocycles. The Bertz CT molecular complexity index is 954. The van der Waals surface area contributed by atoms with Crippen molar-refractivity contribution in [2.24, 2.45) is 5.41 Å².